The number of carbonyl (C=O) groups is 3. The number of halogens is 4. The topological polar surface area (TPSA) is 121 Å². The number of aromatic nitrogens is 1. The Bertz CT molecular complexity index is 1840. The minimum Gasteiger partial charge on any atom is -0.496 e. The molecule has 3 N–H and O–H groups in total. The van der Waals surface area contributed by atoms with Crippen molar-refractivity contribution in [1.82, 2.24) is 9.88 Å². The number of hydrogen-bond donors (Lipinski definition) is 3. The van der Waals surface area contributed by atoms with Crippen LogP contribution in [0.25, 0.3) is 10.1 Å². The van der Waals surface area contributed by atoms with Gasteiger partial charge in [0.1, 0.15) is 16.4 Å². The fourth-order valence-corrected chi connectivity index (χ4v) is 6.28. The van der Waals surface area contributed by atoms with Crippen LogP contribution in [0.4, 0.5) is 28.9 Å². The third kappa shape index (κ3) is 6.20. The number of fused-ring (bicyclic) bond motifs is 1. The van der Waals surface area contributed by atoms with E-state index in [0.717, 1.165) is 35.9 Å². The second kappa shape index (κ2) is 11.7. The second-order valence-corrected chi connectivity index (χ2v) is 11.9. The summed E-state index contributed by atoms with van der Waals surface area (Å²) in [4.78, 5) is 46.2. The molecule has 2 fully saturated rings. The average Bonchev–Trinajstić information content (AvgIpc) is 3.68. The molecular formula is C31H26F4N4O5S. The zero-order chi connectivity index (χ0) is 32.0. The minimum absolute atomic E-state index is 0.00952. The summed E-state index contributed by atoms with van der Waals surface area (Å²) in [5.41, 5.74) is -0.761. The van der Waals surface area contributed by atoms with Crippen LogP contribution < -0.4 is 15.4 Å². The highest BCUT2D eigenvalue weighted by atomic mass is 32.1. The number of thiophene rings is 1. The number of nitrogens with zero attached hydrogens (tertiary/aromatic N) is 2. The molecule has 14 heteroatoms. The highest BCUT2D eigenvalue weighted by molar-refractivity contribution is 7.21. The molecule has 2 aromatic heterocycles. The molecule has 0 unspecified atom stereocenters. The predicted molar refractivity (Wildman–Crippen MR) is 158 cm³/mol. The van der Waals surface area contributed by atoms with Gasteiger partial charge in [-0.3, -0.25) is 19.4 Å². The van der Waals surface area contributed by atoms with Gasteiger partial charge in [0.05, 0.1) is 30.0 Å². The largest absolute Gasteiger partial charge is 0.496 e. The third-order valence-electron chi connectivity index (χ3n) is 7.71. The van der Waals surface area contributed by atoms with Gasteiger partial charge in [0.15, 0.2) is 0 Å². The molecule has 45 heavy (non-hydrogen) atoms. The number of alkyl halides is 3. The first-order valence-corrected chi connectivity index (χ1v) is 14.8. The van der Waals surface area contributed by atoms with Crippen LogP contribution in [0, 0.1) is 5.82 Å². The van der Waals surface area contributed by atoms with Crippen LogP contribution in [0.15, 0.2) is 48.7 Å². The van der Waals surface area contributed by atoms with E-state index in [0.29, 0.717) is 35.2 Å². The summed E-state index contributed by atoms with van der Waals surface area (Å²) in [7, 11) is 1.35. The van der Waals surface area contributed by atoms with Gasteiger partial charge in [-0.25, -0.2) is 4.39 Å². The lowest BCUT2D eigenvalue weighted by Gasteiger charge is -2.17. The Morgan fingerprint density at radius 2 is 1.82 bits per heavy atom. The van der Waals surface area contributed by atoms with E-state index in [1.807, 2.05) is 6.07 Å². The van der Waals surface area contributed by atoms with Crippen molar-refractivity contribution in [2.24, 2.45) is 0 Å². The zero-order valence-electron chi connectivity index (χ0n) is 23.7. The van der Waals surface area contributed by atoms with E-state index < -0.39 is 35.5 Å². The van der Waals surface area contributed by atoms with Gasteiger partial charge in [0, 0.05) is 52.2 Å². The molecule has 3 heterocycles. The van der Waals surface area contributed by atoms with Crippen LogP contribution in [-0.4, -0.2) is 59.0 Å². The molecule has 0 radical (unpaired) electrons. The van der Waals surface area contributed by atoms with Crippen molar-refractivity contribution in [2.45, 2.75) is 37.5 Å². The Kier molecular flexibility index (Phi) is 7.95. The molecule has 0 spiro atoms. The highest BCUT2D eigenvalue weighted by Gasteiger charge is 2.35. The van der Waals surface area contributed by atoms with Crippen LogP contribution in [-0.2, 0) is 6.18 Å². The minimum atomic E-state index is -4.98. The van der Waals surface area contributed by atoms with Crippen molar-refractivity contribution in [3.8, 4) is 5.75 Å². The molecule has 3 amide bonds. The number of nitrogens with one attached hydrogen (secondary N) is 2. The van der Waals surface area contributed by atoms with Gasteiger partial charge in [0.2, 0.25) is 0 Å². The van der Waals surface area contributed by atoms with Crippen molar-refractivity contribution in [3.05, 3.63) is 81.7 Å². The molecule has 9 nitrogen and oxygen atoms in total. The van der Waals surface area contributed by atoms with E-state index >= 15 is 0 Å². The maximum absolute atomic E-state index is 13.9. The zero-order valence-corrected chi connectivity index (χ0v) is 24.5. The Hall–Kier alpha value is -4.56. The smallest absolute Gasteiger partial charge is 0.419 e. The lowest BCUT2D eigenvalue weighted by molar-refractivity contribution is -0.139. The molecule has 1 saturated carbocycles. The lowest BCUT2D eigenvalue weighted by atomic mass is 10.1. The van der Waals surface area contributed by atoms with Crippen LogP contribution in [0.5, 0.6) is 5.75 Å². The summed E-state index contributed by atoms with van der Waals surface area (Å²) in [5, 5.41) is 15.4. The number of pyridine rings is 1. The number of hydrogen-bond acceptors (Lipinski definition) is 7. The number of aliphatic hydroxyl groups excluding tert-OH is 1. The van der Waals surface area contributed by atoms with Crippen LogP contribution in [0.2, 0.25) is 0 Å². The molecule has 1 atom stereocenters. The third-order valence-corrected chi connectivity index (χ3v) is 8.86. The SMILES string of the molecule is COc1ccc(C(=O)N2CC[C@@H](O)C2)cc1C(=O)Nc1c(C(=O)Nc2ccc(F)c(C(F)(F)F)c2)sc2cc(C3CC3)ncc12. The van der Waals surface area contributed by atoms with E-state index in [4.69, 9.17) is 4.74 Å². The van der Waals surface area contributed by atoms with Gasteiger partial charge in [-0.2, -0.15) is 13.2 Å². The van der Waals surface area contributed by atoms with E-state index in [1.165, 1.54) is 36.4 Å². The molecular weight excluding hydrogens is 616 g/mol. The Labute approximate surface area is 257 Å². The number of aliphatic hydroxyl groups is 1. The van der Waals surface area contributed by atoms with Gasteiger partial charge in [0.25, 0.3) is 17.7 Å². The summed E-state index contributed by atoms with van der Waals surface area (Å²) in [6, 6.07) is 8.25. The number of benzene rings is 2. The maximum Gasteiger partial charge on any atom is 0.419 e. The van der Waals surface area contributed by atoms with Crippen molar-refractivity contribution in [3.63, 3.8) is 0 Å². The first-order chi connectivity index (χ1) is 21.4. The number of amides is 3. The summed E-state index contributed by atoms with van der Waals surface area (Å²) in [6.07, 6.45) is -1.69. The van der Waals surface area contributed by atoms with Gasteiger partial charge < -0.3 is 25.4 Å². The average molecular weight is 643 g/mol. The number of anilines is 2. The number of ether oxygens (including phenoxy) is 1. The van der Waals surface area contributed by atoms with Crippen LogP contribution >= 0.6 is 11.3 Å². The van der Waals surface area contributed by atoms with Crippen molar-refractivity contribution >= 4 is 50.5 Å². The van der Waals surface area contributed by atoms with Crippen molar-refractivity contribution < 1.29 is 41.8 Å². The standard InChI is InChI=1S/C31H26F4N4O5S/c1-44-24-7-4-16(30(43)39-9-8-18(40)14-39)10-19(24)28(41)38-26-20-13-36-23(15-2-3-15)12-25(20)45-27(26)29(42)37-17-5-6-22(32)21(11-17)31(33,34)35/h4-7,10-13,15,18,40H,2-3,8-9,14H2,1H3,(H,37,42)(H,38,41)/t18-/m1/s1. The summed E-state index contributed by atoms with van der Waals surface area (Å²) >= 11 is 1.02. The predicted octanol–water partition coefficient (Wildman–Crippen LogP) is 6.05. The van der Waals surface area contributed by atoms with Crippen LogP contribution in [0.3, 0.4) is 0 Å². The molecule has 0 bridgehead atoms. The van der Waals surface area contributed by atoms with Gasteiger partial charge in [-0.15, -0.1) is 11.3 Å². The summed E-state index contributed by atoms with van der Waals surface area (Å²) in [5.74, 6) is -2.97. The Morgan fingerprint density at radius 1 is 1.04 bits per heavy atom. The summed E-state index contributed by atoms with van der Waals surface area (Å²) < 4.78 is 59.7. The fourth-order valence-electron chi connectivity index (χ4n) is 5.21. The van der Waals surface area contributed by atoms with Gasteiger partial charge in [-0.1, -0.05) is 0 Å². The van der Waals surface area contributed by atoms with Crippen LogP contribution in [0.1, 0.15) is 66.8 Å². The monoisotopic (exact) mass is 642 g/mol. The lowest BCUT2D eigenvalue weighted by Crippen LogP contribution is -2.29. The molecule has 1 aliphatic carbocycles. The molecule has 2 aromatic carbocycles. The number of methoxy groups -OCH3 is 1. The van der Waals surface area contributed by atoms with E-state index in [2.05, 4.69) is 15.6 Å². The highest BCUT2D eigenvalue weighted by Crippen LogP contribution is 2.43. The first-order valence-electron chi connectivity index (χ1n) is 14.0. The number of rotatable bonds is 7. The molecule has 4 aromatic rings. The Balaban J connectivity index is 1.35. The van der Waals surface area contributed by atoms with E-state index in [9.17, 15) is 37.1 Å². The number of likely N-dealkylation sites (tertiary alicyclic amines) is 1. The fraction of sp³-hybridized carbons (Fsp3) is 0.290. The van der Waals surface area contributed by atoms with Crippen molar-refractivity contribution in [1.29, 1.82) is 0 Å². The van der Waals surface area contributed by atoms with E-state index in [1.54, 1.807) is 0 Å². The molecule has 6 rings (SSSR count). The number of carbonyl (C=O) groups excluding carboxylic acids is 3. The Morgan fingerprint density at radius 3 is 2.49 bits per heavy atom. The van der Waals surface area contributed by atoms with Crippen molar-refractivity contribution in [2.75, 3.05) is 30.8 Å². The van der Waals surface area contributed by atoms with Gasteiger partial charge in [-0.05, 0) is 61.7 Å². The number of β-amino-alcohol motifs (C(OH)–C–C–N with tert-alkyl or cyclic N) is 1. The molecule has 2 aliphatic rings. The first kappa shape index (κ1) is 30.5. The maximum atomic E-state index is 13.9. The second-order valence-electron chi connectivity index (χ2n) is 10.9. The van der Waals surface area contributed by atoms with Gasteiger partial charge >= 0.3 is 6.18 Å². The molecule has 1 saturated heterocycles. The normalized spacial score (nSPS) is 16.6. The van der Waals surface area contributed by atoms with E-state index in [-0.39, 0.29) is 51.5 Å². The summed E-state index contributed by atoms with van der Waals surface area (Å²) in [6.45, 7) is 0.529. The molecule has 234 valence electrons. The quantitative estimate of drug-likeness (QED) is 0.211. The molecule has 1 aliphatic heterocycles.